The highest BCUT2D eigenvalue weighted by Crippen LogP contribution is 2.30. The van der Waals surface area contributed by atoms with Crippen LogP contribution in [0.5, 0.6) is 0 Å². The molecule has 172 valence electrons. The van der Waals surface area contributed by atoms with Crippen LogP contribution in [0.1, 0.15) is 11.6 Å². The van der Waals surface area contributed by atoms with E-state index < -0.39 is 17.9 Å². The number of rotatable bonds is 4. The molecule has 0 atom stereocenters. The zero-order valence-electron chi connectivity index (χ0n) is 17.4. The molecule has 1 aromatic carbocycles. The van der Waals surface area contributed by atoms with Crippen LogP contribution >= 0.6 is 0 Å². The maximum atomic E-state index is 14.9. The first-order valence-corrected chi connectivity index (χ1v) is 9.87. The third-order valence-electron chi connectivity index (χ3n) is 5.27. The molecule has 4 aromatic heterocycles. The highest BCUT2D eigenvalue weighted by Gasteiger charge is 2.38. The van der Waals surface area contributed by atoms with Gasteiger partial charge in [0.1, 0.15) is 5.82 Å². The molecule has 0 N–H and O–H groups in total. The predicted octanol–water partition coefficient (Wildman–Crippen LogP) is 4.05. The van der Waals surface area contributed by atoms with Crippen LogP contribution in [0.3, 0.4) is 0 Å². The Labute approximate surface area is 188 Å². The lowest BCUT2D eigenvalue weighted by molar-refractivity contribution is -0.156. The Morgan fingerprint density at radius 2 is 1.85 bits per heavy atom. The van der Waals surface area contributed by atoms with Crippen molar-refractivity contribution in [3.63, 3.8) is 0 Å². The molecule has 0 amide bonds. The lowest BCUT2D eigenvalue weighted by atomic mass is 10.1. The summed E-state index contributed by atoms with van der Waals surface area (Å²) in [4.78, 5) is 21.1. The van der Waals surface area contributed by atoms with Crippen LogP contribution in [0.2, 0.25) is 0 Å². The van der Waals surface area contributed by atoms with E-state index in [0.717, 1.165) is 0 Å². The molecule has 0 saturated heterocycles. The summed E-state index contributed by atoms with van der Waals surface area (Å²) in [6.45, 7) is 0.0137. The van der Waals surface area contributed by atoms with E-state index in [1.807, 2.05) is 0 Å². The molecule has 5 rings (SSSR count). The topological polar surface area (TPSA) is 91.6 Å². The zero-order valence-corrected chi connectivity index (χ0v) is 17.4. The first-order valence-electron chi connectivity index (χ1n) is 9.87. The van der Waals surface area contributed by atoms with Gasteiger partial charge in [-0.05, 0) is 24.3 Å². The van der Waals surface area contributed by atoms with Gasteiger partial charge in [-0.2, -0.15) is 13.2 Å². The van der Waals surface area contributed by atoms with Gasteiger partial charge in [-0.1, -0.05) is 6.07 Å². The van der Waals surface area contributed by atoms with Crippen molar-refractivity contribution < 1.29 is 22.0 Å². The SMILES string of the molecule is Cn1c(=O)n(Cc2ccc(-c3nnc(C(F)(F)F)o3)cn2)c2cc(F)c(-c3cccnc3)cc21. The molecule has 8 nitrogen and oxygen atoms in total. The minimum absolute atomic E-state index is 0.0137. The average molecular weight is 470 g/mol. The molecule has 0 aliphatic carbocycles. The summed E-state index contributed by atoms with van der Waals surface area (Å²) in [6.07, 6.45) is -0.370. The molecule has 0 unspecified atom stereocenters. The van der Waals surface area contributed by atoms with E-state index in [1.165, 1.54) is 39.7 Å². The molecule has 0 fully saturated rings. The average Bonchev–Trinajstić information content (AvgIpc) is 3.40. The molecule has 0 aliphatic heterocycles. The highest BCUT2D eigenvalue weighted by atomic mass is 19.4. The van der Waals surface area contributed by atoms with Gasteiger partial charge in [0, 0.05) is 42.8 Å². The molecule has 5 aromatic rings. The van der Waals surface area contributed by atoms with Crippen LogP contribution in [0.15, 0.2) is 64.2 Å². The second-order valence-electron chi connectivity index (χ2n) is 7.44. The summed E-state index contributed by atoms with van der Waals surface area (Å²) in [5.74, 6) is -2.31. The van der Waals surface area contributed by atoms with Crippen LogP contribution in [0.4, 0.5) is 17.6 Å². The minimum atomic E-state index is -4.75. The predicted molar refractivity (Wildman–Crippen MR) is 112 cm³/mol. The quantitative estimate of drug-likeness (QED) is 0.368. The third kappa shape index (κ3) is 3.72. The van der Waals surface area contributed by atoms with Gasteiger partial charge in [0.05, 0.1) is 28.8 Å². The summed E-state index contributed by atoms with van der Waals surface area (Å²) in [5.41, 5.74) is 2.01. The number of fused-ring (bicyclic) bond motifs is 1. The molecule has 0 bridgehead atoms. The van der Waals surface area contributed by atoms with Gasteiger partial charge in [0.2, 0.25) is 5.89 Å². The van der Waals surface area contributed by atoms with Gasteiger partial charge in [-0.3, -0.25) is 19.1 Å². The van der Waals surface area contributed by atoms with Crippen LogP contribution in [-0.4, -0.2) is 29.3 Å². The standard InChI is InChI=1S/C22H14F4N6O2/c1-31-17-7-15(12-3-2-6-27-9-12)16(23)8-18(17)32(21(31)33)11-14-5-4-13(10-28-14)19-29-30-20(34-19)22(24,25)26/h2-10H,11H2,1H3. The van der Waals surface area contributed by atoms with Gasteiger partial charge in [-0.25, -0.2) is 9.18 Å². The van der Waals surface area contributed by atoms with Crippen LogP contribution in [0, 0.1) is 5.82 Å². The van der Waals surface area contributed by atoms with Crippen molar-refractivity contribution in [2.75, 3.05) is 0 Å². The zero-order chi connectivity index (χ0) is 24.0. The number of alkyl halides is 3. The van der Waals surface area contributed by atoms with Crippen molar-refractivity contribution in [3.8, 4) is 22.6 Å². The van der Waals surface area contributed by atoms with Crippen molar-refractivity contribution in [1.82, 2.24) is 29.3 Å². The van der Waals surface area contributed by atoms with E-state index in [0.29, 0.717) is 27.9 Å². The van der Waals surface area contributed by atoms with Crippen molar-refractivity contribution in [3.05, 3.63) is 82.9 Å². The molecule has 12 heteroatoms. The Morgan fingerprint density at radius 3 is 2.50 bits per heavy atom. The lowest BCUT2D eigenvalue weighted by Crippen LogP contribution is -2.23. The van der Waals surface area contributed by atoms with Gasteiger partial charge < -0.3 is 4.42 Å². The molecular formula is C22H14F4N6O2. The van der Waals surface area contributed by atoms with E-state index in [2.05, 4.69) is 24.6 Å². The molecule has 0 aliphatic rings. The van der Waals surface area contributed by atoms with Gasteiger partial charge in [-0.15, -0.1) is 10.2 Å². The summed E-state index contributed by atoms with van der Waals surface area (Å²) in [7, 11) is 1.58. The number of aryl methyl sites for hydroxylation is 1. The summed E-state index contributed by atoms with van der Waals surface area (Å²) in [6, 6.07) is 9.25. The van der Waals surface area contributed by atoms with Crippen molar-refractivity contribution >= 4 is 11.0 Å². The Hall–Kier alpha value is -4.35. The Morgan fingerprint density at radius 1 is 1.03 bits per heavy atom. The smallest absolute Gasteiger partial charge is 0.413 e. The highest BCUT2D eigenvalue weighted by molar-refractivity contribution is 5.83. The van der Waals surface area contributed by atoms with E-state index in [9.17, 15) is 22.4 Å². The van der Waals surface area contributed by atoms with Crippen LogP contribution < -0.4 is 5.69 Å². The first kappa shape index (κ1) is 21.5. The van der Waals surface area contributed by atoms with Gasteiger partial charge in [0.15, 0.2) is 0 Å². The fraction of sp³-hybridized carbons (Fsp3) is 0.136. The second-order valence-corrected chi connectivity index (χ2v) is 7.44. The number of halogens is 4. The number of hydrogen-bond acceptors (Lipinski definition) is 6. The van der Waals surface area contributed by atoms with Crippen LogP contribution in [0.25, 0.3) is 33.6 Å². The monoisotopic (exact) mass is 470 g/mol. The van der Waals surface area contributed by atoms with E-state index in [1.54, 1.807) is 31.4 Å². The summed E-state index contributed by atoms with van der Waals surface area (Å²) < 4.78 is 60.3. The number of benzene rings is 1. The van der Waals surface area contributed by atoms with Crippen molar-refractivity contribution in [2.24, 2.45) is 7.05 Å². The molecule has 0 spiro atoms. The summed E-state index contributed by atoms with van der Waals surface area (Å²) in [5, 5.41) is 6.37. The van der Waals surface area contributed by atoms with Gasteiger partial charge >= 0.3 is 17.8 Å². The number of imidazole rings is 1. The first-order chi connectivity index (χ1) is 16.2. The number of hydrogen-bond donors (Lipinski definition) is 0. The maximum absolute atomic E-state index is 14.9. The third-order valence-corrected chi connectivity index (χ3v) is 5.27. The maximum Gasteiger partial charge on any atom is 0.470 e. The molecule has 0 radical (unpaired) electrons. The van der Waals surface area contributed by atoms with E-state index in [-0.39, 0.29) is 23.7 Å². The largest absolute Gasteiger partial charge is 0.470 e. The Balaban J connectivity index is 1.48. The summed E-state index contributed by atoms with van der Waals surface area (Å²) >= 11 is 0. The molecule has 4 heterocycles. The van der Waals surface area contributed by atoms with Crippen molar-refractivity contribution in [2.45, 2.75) is 12.7 Å². The molecular weight excluding hydrogens is 456 g/mol. The Kier molecular flexibility index (Phi) is 5.00. The van der Waals surface area contributed by atoms with Crippen molar-refractivity contribution in [1.29, 1.82) is 0 Å². The normalized spacial score (nSPS) is 11.9. The lowest BCUT2D eigenvalue weighted by Gasteiger charge is -2.06. The molecule has 34 heavy (non-hydrogen) atoms. The number of pyridine rings is 2. The van der Waals surface area contributed by atoms with Gasteiger partial charge in [0.25, 0.3) is 0 Å². The molecule has 0 saturated carbocycles. The minimum Gasteiger partial charge on any atom is -0.413 e. The second kappa shape index (κ2) is 7.90. The van der Waals surface area contributed by atoms with E-state index >= 15 is 0 Å². The number of aromatic nitrogens is 6. The fourth-order valence-corrected chi connectivity index (χ4v) is 3.58. The fourth-order valence-electron chi connectivity index (χ4n) is 3.58. The van der Waals surface area contributed by atoms with Crippen LogP contribution in [-0.2, 0) is 19.8 Å². The van der Waals surface area contributed by atoms with E-state index in [4.69, 9.17) is 0 Å². The Bertz CT molecular complexity index is 1550. The number of nitrogens with zero attached hydrogens (tertiary/aromatic N) is 6.